The number of imidazole rings is 1. The molecule has 0 fully saturated rings. The average Bonchev–Trinajstić information content (AvgIpc) is 3.22. The van der Waals surface area contributed by atoms with Crippen LogP contribution in [0.1, 0.15) is 29.2 Å². The van der Waals surface area contributed by atoms with Gasteiger partial charge in [-0.15, -0.1) is 0 Å². The summed E-state index contributed by atoms with van der Waals surface area (Å²) in [7, 11) is 0. The van der Waals surface area contributed by atoms with Crippen molar-refractivity contribution in [3.63, 3.8) is 0 Å². The molecule has 0 unspecified atom stereocenters. The highest BCUT2D eigenvalue weighted by Crippen LogP contribution is 2.26. The summed E-state index contributed by atoms with van der Waals surface area (Å²) in [4.78, 5) is 16.9. The maximum Gasteiger partial charge on any atom is 0.274 e. The van der Waals surface area contributed by atoms with E-state index in [0.717, 1.165) is 47.9 Å². The first-order chi connectivity index (χ1) is 11.3. The second kappa shape index (κ2) is 5.96. The highest BCUT2D eigenvalue weighted by molar-refractivity contribution is 7.10. The smallest absolute Gasteiger partial charge is 0.274 e. The van der Waals surface area contributed by atoms with Crippen LogP contribution < -0.4 is 5.32 Å². The number of rotatable bonds is 3. The standard InChI is InChI=1S/C17H16N4OS/c22-17(14-11-18-15-8-4-5-9-21(14)15)19-16-10-13(20-23-16)12-6-2-1-3-7-12/h1-3,6-7,10-11H,4-5,8-9H2,(H,19,22). The fourth-order valence-electron chi connectivity index (χ4n) is 2.85. The van der Waals surface area contributed by atoms with Gasteiger partial charge in [0.15, 0.2) is 0 Å². The number of benzene rings is 1. The zero-order valence-electron chi connectivity index (χ0n) is 12.5. The van der Waals surface area contributed by atoms with E-state index < -0.39 is 0 Å². The molecule has 0 radical (unpaired) electrons. The van der Waals surface area contributed by atoms with E-state index >= 15 is 0 Å². The summed E-state index contributed by atoms with van der Waals surface area (Å²) in [5.74, 6) is 0.893. The molecule has 0 atom stereocenters. The van der Waals surface area contributed by atoms with Crippen molar-refractivity contribution in [3.8, 4) is 11.3 Å². The predicted molar refractivity (Wildman–Crippen MR) is 90.7 cm³/mol. The van der Waals surface area contributed by atoms with Crippen LogP contribution in [0.5, 0.6) is 0 Å². The third-order valence-electron chi connectivity index (χ3n) is 4.02. The Morgan fingerprint density at radius 3 is 2.96 bits per heavy atom. The van der Waals surface area contributed by atoms with Crippen molar-refractivity contribution < 1.29 is 4.79 Å². The molecule has 1 aliphatic rings. The van der Waals surface area contributed by atoms with Gasteiger partial charge in [-0.3, -0.25) is 4.79 Å². The molecular weight excluding hydrogens is 308 g/mol. The number of nitrogens with one attached hydrogen (secondary N) is 1. The first kappa shape index (κ1) is 14.1. The van der Waals surface area contributed by atoms with Crippen molar-refractivity contribution in [2.45, 2.75) is 25.8 Å². The molecule has 2 aromatic heterocycles. The summed E-state index contributed by atoms with van der Waals surface area (Å²) >= 11 is 1.30. The van der Waals surface area contributed by atoms with E-state index in [4.69, 9.17) is 0 Å². The van der Waals surface area contributed by atoms with Crippen LogP contribution >= 0.6 is 11.5 Å². The van der Waals surface area contributed by atoms with Crippen molar-refractivity contribution in [1.82, 2.24) is 13.9 Å². The molecule has 5 nitrogen and oxygen atoms in total. The lowest BCUT2D eigenvalue weighted by Crippen LogP contribution is -2.20. The fraction of sp³-hybridized carbons (Fsp3) is 0.235. The van der Waals surface area contributed by atoms with E-state index in [-0.39, 0.29) is 5.91 Å². The zero-order valence-corrected chi connectivity index (χ0v) is 13.3. The minimum Gasteiger partial charge on any atom is -0.324 e. The van der Waals surface area contributed by atoms with Crippen molar-refractivity contribution in [2.24, 2.45) is 0 Å². The van der Waals surface area contributed by atoms with Gasteiger partial charge in [0.25, 0.3) is 5.91 Å². The summed E-state index contributed by atoms with van der Waals surface area (Å²) < 4.78 is 6.44. The average molecular weight is 324 g/mol. The molecule has 116 valence electrons. The molecule has 1 N–H and O–H groups in total. The fourth-order valence-corrected chi connectivity index (χ4v) is 3.51. The van der Waals surface area contributed by atoms with Crippen molar-refractivity contribution >= 4 is 22.4 Å². The van der Waals surface area contributed by atoms with Crippen molar-refractivity contribution in [3.05, 3.63) is 54.1 Å². The molecule has 1 aliphatic heterocycles. The molecule has 1 amide bonds. The van der Waals surface area contributed by atoms with E-state index in [1.165, 1.54) is 11.5 Å². The molecular formula is C17H16N4OS. The lowest BCUT2D eigenvalue weighted by molar-refractivity contribution is 0.101. The minimum atomic E-state index is -0.117. The van der Waals surface area contributed by atoms with Gasteiger partial charge < -0.3 is 9.88 Å². The van der Waals surface area contributed by atoms with Crippen molar-refractivity contribution in [2.75, 3.05) is 5.32 Å². The molecule has 23 heavy (non-hydrogen) atoms. The number of carbonyl (C=O) groups excluding carboxylic acids is 1. The number of fused-ring (bicyclic) bond motifs is 1. The van der Waals surface area contributed by atoms with Gasteiger partial charge in [0, 0.05) is 24.6 Å². The summed E-state index contributed by atoms with van der Waals surface area (Å²) in [5, 5.41) is 3.69. The van der Waals surface area contributed by atoms with Gasteiger partial charge in [-0.2, -0.15) is 4.37 Å². The predicted octanol–water partition coefficient (Wildman–Crippen LogP) is 3.60. The van der Waals surface area contributed by atoms with Crippen LogP contribution in [0, 0.1) is 0 Å². The number of carbonyl (C=O) groups is 1. The number of aromatic nitrogens is 3. The van der Waals surface area contributed by atoms with Crippen LogP contribution in [0.4, 0.5) is 5.00 Å². The van der Waals surface area contributed by atoms with Gasteiger partial charge in [-0.25, -0.2) is 4.98 Å². The second-order valence-electron chi connectivity index (χ2n) is 5.56. The van der Waals surface area contributed by atoms with Crippen LogP contribution in [-0.2, 0) is 13.0 Å². The molecule has 1 aromatic carbocycles. The molecule has 6 heteroatoms. The lowest BCUT2D eigenvalue weighted by Gasteiger charge is -2.15. The van der Waals surface area contributed by atoms with Gasteiger partial charge >= 0.3 is 0 Å². The van der Waals surface area contributed by atoms with Gasteiger partial charge in [-0.05, 0) is 24.4 Å². The Morgan fingerprint density at radius 2 is 2.09 bits per heavy atom. The number of nitrogens with zero attached hydrogens (tertiary/aromatic N) is 3. The van der Waals surface area contributed by atoms with Gasteiger partial charge in [0.2, 0.25) is 0 Å². The summed E-state index contributed by atoms with van der Waals surface area (Å²) in [5.41, 5.74) is 2.56. The third-order valence-corrected chi connectivity index (χ3v) is 4.72. The molecule has 0 bridgehead atoms. The normalized spacial score (nSPS) is 13.6. The second-order valence-corrected chi connectivity index (χ2v) is 6.37. The van der Waals surface area contributed by atoms with Crippen LogP contribution in [0.15, 0.2) is 42.6 Å². The highest BCUT2D eigenvalue weighted by Gasteiger charge is 2.19. The summed E-state index contributed by atoms with van der Waals surface area (Å²) in [6.07, 6.45) is 4.87. The van der Waals surface area contributed by atoms with Crippen LogP contribution in [0.2, 0.25) is 0 Å². The molecule has 0 saturated carbocycles. The Balaban J connectivity index is 1.53. The molecule has 3 heterocycles. The maximum atomic E-state index is 12.5. The third kappa shape index (κ3) is 2.77. The van der Waals surface area contributed by atoms with Gasteiger partial charge in [0.05, 0.1) is 11.9 Å². The maximum absolute atomic E-state index is 12.5. The SMILES string of the molecule is O=C(Nc1cc(-c2ccccc2)ns1)c1cnc2n1CCCC2. The number of aryl methyl sites for hydroxylation is 1. The Kier molecular flexibility index (Phi) is 3.67. The largest absolute Gasteiger partial charge is 0.324 e. The topological polar surface area (TPSA) is 59.8 Å². The van der Waals surface area contributed by atoms with Gasteiger partial charge in [0.1, 0.15) is 16.5 Å². The van der Waals surface area contributed by atoms with E-state index in [9.17, 15) is 4.79 Å². The lowest BCUT2D eigenvalue weighted by atomic mass is 10.1. The van der Waals surface area contributed by atoms with Crippen LogP contribution in [0.25, 0.3) is 11.3 Å². The quantitative estimate of drug-likeness (QED) is 0.801. The van der Waals surface area contributed by atoms with E-state index in [2.05, 4.69) is 14.7 Å². The molecule has 3 aromatic rings. The zero-order chi connectivity index (χ0) is 15.6. The molecule has 4 rings (SSSR count). The van der Waals surface area contributed by atoms with E-state index in [1.54, 1.807) is 6.20 Å². The molecule has 0 saturated heterocycles. The number of hydrogen-bond acceptors (Lipinski definition) is 4. The monoisotopic (exact) mass is 324 g/mol. The van der Waals surface area contributed by atoms with Crippen molar-refractivity contribution in [1.29, 1.82) is 0 Å². The van der Waals surface area contributed by atoms with E-state index in [0.29, 0.717) is 5.69 Å². The Morgan fingerprint density at radius 1 is 1.22 bits per heavy atom. The molecule has 0 aliphatic carbocycles. The van der Waals surface area contributed by atoms with Gasteiger partial charge in [-0.1, -0.05) is 30.3 Å². The first-order valence-corrected chi connectivity index (χ1v) is 8.46. The first-order valence-electron chi connectivity index (χ1n) is 7.69. The number of anilines is 1. The van der Waals surface area contributed by atoms with Crippen LogP contribution in [0.3, 0.4) is 0 Å². The Labute approximate surface area is 138 Å². The number of amides is 1. The minimum absolute atomic E-state index is 0.117. The number of hydrogen-bond donors (Lipinski definition) is 1. The summed E-state index contributed by atoms with van der Waals surface area (Å²) in [6.45, 7) is 0.871. The highest BCUT2D eigenvalue weighted by atomic mass is 32.1. The summed E-state index contributed by atoms with van der Waals surface area (Å²) in [6, 6.07) is 11.9. The van der Waals surface area contributed by atoms with Crippen LogP contribution in [-0.4, -0.2) is 19.8 Å². The van der Waals surface area contributed by atoms with E-state index in [1.807, 2.05) is 41.0 Å². The Hall–Kier alpha value is -2.47. The Bertz CT molecular complexity index is 837. The molecule has 0 spiro atoms.